The highest BCUT2D eigenvalue weighted by atomic mass is 32.1. The highest BCUT2D eigenvalue weighted by Gasteiger charge is 2.20. The van der Waals surface area contributed by atoms with Crippen molar-refractivity contribution in [2.75, 3.05) is 18.4 Å². The maximum atomic E-state index is 11.1. The topological polar surface area (TPSA) is 103 Å². The third-order valence-electron chi connectivity index (χ3n) is 4.18. The van der Waals surface area contributed by atoms with Crippen molar-refractivity contribution >= 4 is 34.0 Å². The molecule has 24 heavy (non-hydrogen) atoms. The molecule has 0 bridgehead atoms. The molecule has 124 valence electrons. The summed E-state index contributed by atoms with van der Waals surface area (Å²) in [4.78, 5) is 23.2. The van der Waals surface area contributed by atoms with Crippen LogP contribution < -0.4 is 10.6 Å². The largest absolute Gasteiger partial charge is 0.477 e. The van der Waals surface area contributed by atoms with Gasteiger partial charge >= 0.3 is 5.97 Å². The molecule has 1 aliphatic heterocycles. The molecule has 1 fully saturated rings. The lowest BCUT2D eigenvalue weighted by Crippen LogP contribution is -2.38. The van der Waals surface area contributed by atoms with Crippen LogP contribution in [-0.2, 0) is 0 Å². The van der Waals surface area contributed by atoms with Gasteiger partial charge in [-0.25, -0.2) is 14.8 Å². The Balaban J connectivity index is 1.78. The van der Waals surface area contributed by atoms with Crippen LogP contribution in [0.5, 0.6) is 0 Å². The van der Waals surface area contributed by atoms with Crippen LogP contribution in [0.25, 0.3) is 21.6 Å². The Labute approximate surface area is 142 Å². The maximum Gasteiger partial charge on any atom is 0.347 e. The van der Waals surface area contributed by atoms with Crippen LogP contribution in [0, 0.1) is 0 Å². The van der Waals surface area contributed by atoms with Crippen LogP contribution in [0.2, 0.25) is 0 Å². The molecule has 4 rings (SSSR count). The molecule has 1 aliphatic rings. The standard InChI is InChI=1S/C16H17N5O2S/c22-16(23)12-8-20-15(24-12)11-7-19-14-10(3-5-18-14)13(11)21-9-2-1-4-17-6-9/h3,5,7-9,17H,1-2,4,6H2,(H,22,23)(H2,18,19,21). The van der Waals surface area contributed by atoms with Gasteiger partial charge in [0.2, 0.25) is 0 Å². The second-order valence-corrected chi connectivity index (χ2v) is 6.84. The van der Waals surface area contributed by atoms with Crippen molar-refractivity contribution in [3.05, 3.63) is 29.5 Å². The number of carbonyl (C=O) groups is 1. The highest BCUT2D eigenvalue weighted by Crippen LogP contribution is 2.36. The Morgan fingerprint density at radius 2 is 2.29 bits per heavy atom. The van der Waals surface area contributed by atoms with Gasteiger partial charge in [0.15, 0.2) is 0 Å². The number of fused-ring (bicyclic) bond motifs is 1. The Kier molecular flexibility index (Phi) is 3.91. The third-order valence-corrected chi connectivity index (χ3v) is 5.20. The zero-order valence-electron chi connectivity index (χ0n) is 12.9. The van der Waals surface area contributed by atoms with Gasteiger partial charge < -0.3 is 20.7 Å². The summed E-state index contributed by atoms with van der Waals surface area (Å²) in [5.41, 5.74) is 2.60. The molecular weight excluding hydrogens is 326 g/mol. The smallest absolute Gasteiger partial charge is 0.347 e. The number of nitrogens with zero attached hydrogens (tertiary/aromatic N) is 2. The van der Waals surface area contributed by atoms with Crippen LogP contribution >= 0.6 is 11.3 Å². The quantitative estimate of drug-likeness (QED) is 0.580. The number of hydrogen-bond donors (Lipinski definition) is 4. The average molecular weight is 343 g/mol. The van der Waals surface area contributed by atoms with Crippen molar-refractivity contribution in [3.8, 4) is 10.6 Å². The summed E-state index contributed by atoms with van der Waals surface area (Å²) in [6.45, 7) is 1.96. The van der Waals surface area contributed by atoms with E-state index in [0.29, 0.717) is 11.0 Å². The summed E-state index contributed by atoms with van der Waals surface area (Å²) in [5, 5.41) is 17.8. The number of aromatic amines is 1. The number of thiazole rings is 1. The van der Waals surface area contributed by atoms with Gasteiger partial charge in [0.1, 0.15) is 15.5 Å². The molecule has 0 aliphatic carbocycles. The molecule has 1 saturated heterocycles. The maximum absolute atomic E-state index is 11.1. The molecule has 1 atom stereocenters. The molecule has 4 heterocycles. The lowest BCUT2D eigenvalue weighted by molar-refractivity contribution is 0.0702. The number of hydrogen-bond acceptors (Lipinski definition) is 6. The van der Waals surface area contributed by atoms with E-state index in [0.717, 1.165) is 59.6 Å². The lowest BCUT2D eigenvalue weighted by Gasteiger charge is -2.26. The molecule has 0 saturated carbocycles. The molecule has 8 heteroatoms. The fourth-order valence-electron chi connectivity index (χ4n) is 3.00. The predicted molar refractivity (Wildman–Crippen MR) is 93.7 cm³/mol. The van der Waals surface area contributed by atoms with E-state index in [2.05, 4.69) is 25.6 Å². The Bertz CT molecular complexity index is 882. The van der Waals surface area contributed by atoms with Crippen molar-refractivity contribution in [2.45, 2.75) is 18.9 Å². The number of anilines is 1. The normalized spacial score (nSPS) is 17.9. The SMILES string of the molecule is O=C(O)c1cnc(-c2cnc3[nH]ccc3c2NC2CCCNC2)s1. The van der Waals surface area contributed by atoms with E-state index in [9.17, 15) is 4.79 Å². The summed E-state index contributed by atoms with van der Waals surface area (Å²) in [7, 11) is 0. The highest BCUT2D eigenvalue weighted by molar-refractivity contribution is 7.16. The number of pyridine rings is 1. The Morgan fingerprint density at radius 3 is 3.04 bits per heavy atom. The zero-order chi connectivity index (χ0) is 16.5. The first-order valence-electron chi connectivity index (χ1n) is 7.85. The van der Waals surface area contributed by atoms with Crippen LogP contribution in [0.15, 0.2) is 24.7 Å². The van der Waals surface area contributed by atoms with Gasteiger partial charge in [-0.3, -0.25) is 0 Å². The fraction of sp³-hybridized carbons (Fsp3) is 0.312. The van der Waals surface area contributed by atoms with Gasteiger partial charge in [-0.05, 0) is 25.5 Å². The van der Waals surface area contributed by atoms with Crippen molar-refractivity contribution in [3.63, 3.8) is 0 Å². The molecular formula is C16H17N5O2S. The molecule has 0 spiro atoms. The number of nitrogens with one attached hydrogen (secondary N) is 3. The minimum atomic E-state index is -0.958. The number of piperidine rings is 1. The lowest BCUT2D eigenvalue weighted by atomic mass is 10.1. The number of aromatic carboxylic acids is 1. The summed E-state index contributed by atoms with van der Waals surface area (Å²) in [6, 6.07) is 2.31. The number of H-pyrrole nitrogens is 1. The minimum Gasteiger partial charge on any atom is -0.477 e. The summed E-state index contributed by atoms with van der Waals surface area (Å²) in [6.07, 6.45) is 7.24. The van der Waals surface area contributed by atoms with Crippen molar-refractivity contribution in [2.24, 2.45) is 0 Å². The fourth-order valence-corrected chi connectivity index (χ4v) is 3.77. The van der Waals surface area contributed by atoms with E-state index in [1.807, 2.05) is 12.3 Å². The Hall–Kier alpha value is -2.45. The van der Waals surface area contributed by atoms with Gasteiger partial charge in [0.25, 0.3) is 0 Å². The summed E-state index contributed by atoms with van der Waals surface area (Å²) < 4.78 is 0. The molecule has 4 N–H and O–H groups in total. The average Bonchev–Trinajstić information content (AvgIpc) is 3.25. The van der Waals surface area contributed by atoms with Gasteiger partial charge in [0, 0.05) is 30.4 Å². The molecule has 1 unspecified atom stereocenters. The van der Waals surface area contributed by atoms with E-state index in [4.69, 9.17) is 5.11 Å². The van der Waals surface area contributed by atoms with Gasteiger partial charge in [-0.1, -0.05) is 0 Å². The van der Waals surface area contributed by atoms with Crippen molar-refractivity contribution in [1.29, 1.82) is 0 Å². The first-order chi connectivity index (χ1) is 11.7. The third kappa shape index (κ3) is 2.74. The molecule has 0 amide bonds. The van der Waals surface area contributed by atoms with Crippen molar-refractivity contribution < 1.29 is 9.90 Å². The molecule has 3 aromatic heterocycles. The van der Waals surface area contributed by atoms with Crippen LogP contribution in [0.4, 0.5) is 5.69 Å². The van der Waals surface area contributed by atoms with Gasteiger partial charge in [-0.15, -0.1) is 11.3 Å². The number of carboxylic acid groups (broad SMARTS) is 1. The first-order valence-corrected chi connectivity index (χ1v) is 8.67. The summed E-state index contributed by atoms with van der Waals surface area (Å²) >= 11 is 1.16. The number of carboxylic acids is 1. The van der Waals surface area contributed by atoms with E-state index >= 15 is 0 Å². The predicted octanol–water partition coefficient (Wildman–Crippen LogP) is 2.55. The zero-order valence-corrected chi connectivity index (χ0v) is 13.7. The molecule has 0 aromatic carbocycles. The second kappa shape index (κ2) is 6.21. The van der Waals surface area contributed by atoms with E-state index in [1.54, 1.807) is 6.20 Å². The minimum absolute atomic E-state index is 0.226. The number of aromatic nitrogens is 3. The monoisotopic (exact) mass is 343 g/mol. The van der Waals surface area contributed by atoms with Crippen LogP contribution in [-0.4, -0.2) is 45.2 Å². The van der Waals surface area contributed by atoms with Crippen LogP contribution in [0.3, 0.4) is 0 Å². The summed E-state index contributed by atoms with van der Waals surface area (Å²) in [5.74, 6) is -0.958. The van der Waals surface area contributed by atoms with E-state index in [-0.39, 0.29) is 4.88 Å². The number of rotatable bonds is 4. The molecule has 0 radical (unpaired) electrons. The molecule has 7 nitrogen and oxygen atoms in total. The van der Waals surface area contributed by atoms with Gasteiger partial charge in [-0.2, -0.15) is 0 Å². The van der Waals surface area contributed by atoms with E-state index in [1.165, 1.54) is 6.20 Å². The van der Waals surface area contributed by atoms with Crippen LogP contribution in [0.1, 0.15) is 22.5 Å². The Morgan fingerprint density at radius 1 is 1.38 bits per heavy atom. The first kappa shape index (κ1) is 15.1. The molecule has 3 aromatic rings. The second-order valence-electron chi connectivity index (χ2n) is 5.81. The van der Waals surface area contributed by atoms with E-state index < -0.39 is 5.97 Å². The van der Waals surface area contributed by atoms with Crippen molar-refractivity contribution in [1.82, 2.24) is 20.3 Å². The van der Waals surface area contributed by atoms with Gasteiger partial charge in [0.05, 0.1) is 17.4 Å².